The fraction of sp³-hybridized carbons (Fsp3) is 0.385. The zero-order valence-corrected chi connectivity index (χ0v) is 11.3. The van der Waals surface area contributed by atoms with Crippen LogP contribution in [0.15, 0.2) is 18.2 Å². The van der Waals surface area contributed by atoms with Gasteiger partial charge in [-0.1, -0.05) is 17.8 Å². The first-order valence-electron chi connectivity index (χ1n) is 5.84. The number of carbonyl (C=O) groups is 2. The van der Waals surface area contributed by atoms with E-state index in [9.17, 15) is 9.59 Å². The van der Waals surface area contributed by atoms with Crippen LogP contribution in [-0.2, 0) is 4.79 Å². The standard InChI is InChI=1S/C13H16N2O2S/c1-9-5-10(2)7-11(6-9)14-12(16)8-15-3-4-18-13(15)17/h5-7H,3-4,8H2,1-2H3,(H,14,16). The summed E-state index contributed by atoms with van der Waals surface area (Å²) >= 11 is 1.27. The third-order valence-corrected chi connectivity index (χ3v) is 3.58. The van der Waals surface area contributed by atoms with Crippen molar-refractivity contribution >= 4 is 28.6 Å². The van der Waals surface area contributed by atoms with Gasteiger partial charge in [0.25, 0.3) is 5.24 Å². The summed E-state index contributed by atoms with van der Waals surface area (Å²) in [6, 6.07) is 5.90. The fourth-order valence-electron chi connectivity index (χ4n) is 1.99. The van der Waals surface area contributed by atoms with E-state index in [0.29, 0.717) is 6.54 Å². The Morgan fingerprint density at radius 1 is 1.33 bits per heavy atom. The molecule has 1 aromatic rings. The third-order valence-electron chi connectivity index (χ3n) is 2.68. The molecule has 1 aromatic carbocycles. The lowest BCUT2D eigenvalue weighted by atomic mass is 10.1. The average Bonchev–Trinajstić information content (AvgIpc) is 2.62. The van der Waals surface area contributed by atoms with Crippen LogP contribution in [0.2, 0.25) is 0 Å². The molecule has 0 saturated carbocycles. The van der Waals surface area contributed by atoms with Crippen LogP contribution in [0.25, 0.3) is 0 Å². The summed E-state index contributed by atoms with van der Waals surface area (Å²) in [6.45, 7) is 4.77. The van der Waals surface area contributed by atoms with Crippen LogP contribution in [0, 0.1) is 13.8 Å². The number of hydrogen-bond donors (Lipinski definition) is 1. The number of amides is 2. The molecule has 2 rings (SSSR count). The van der Waals surface area contributed by atoms with Crippen molar-refractivity contribution in [3.8, 4) is 0 Å². The minimum Gasteiger partial charge on any atom is -0.325 e. The van der Waals surface area contributed by atoms with Crippen LogP contribution in [0.4, 0.5) is 10.5 Å². The van der Waals surface area contributed by atoms with E-state index in [1.165, 1.54) is 11.8 Å². The summed E-state index contributed by atoms with van der Waals surface area (Å²) < 4.78 is 0. The molecule has 0 bridgehead atoms. The average molecular weight is 264 g/mol. The molecule has 4 nitrogen and oxygen atoms in total. The number of nitrogens with one attached hydrogen (secondary N) is 1. The first-order chi connectivity index (χ1) is 8.54. The number of anilines is 1. The maximum absolute atomic E-state index is 11.8. The maximum atomic E-state index is 11.8. The Labute approximate surface area is 111 Å². The number of aryl methyl sites for hydroxylation is 2. The Morgan fingerprint density at radius 3 is 2.56 bits per heavy atom. The molecule has 18 heavy (non-hydrogen) atoms. The van der Waals surface area contributed by atoms with E-state index in [1.807, 2.05) is 26.0 Å². The molecule has 1 heterocycles. The van der Waals surface area contributed by atoms with Crippen LogP contribution >= 0.6 is 11.8 Å². The van der Waals surface area contributed by atoms with Crippen molar-refractivity contribution in [2.24, 2.45) is 0 Å². The van der Waals surface area contributed by atoms with Crippen LogP contribution < -0.4 is 5.32 Å². The van der Waals surface area contributed by atoms with Gasteiger partial charge in [0, 0.05) is 18.0 Å². The molecule has 1 saturated heterocycles. The second-order valence-electron chi connectivity index (χ2n) is 4.46. The Bertz CT molecular complexity index is 468. The molecule has 1 aliphatic heterocycles. The summed E-state index contributed by atoms with van der Waals surface area (Å²) in [5.41, 5.74) is 3.01. The van der Waals surface area contributed by atoms with Crippen molar-refractivity contribution in [1.29, 1.82) is 0 Å². The molecule has 0 spiro atoms. The van der Waals surface area contributed by atoms with Gasteiger partial charge >= 0.3 is 0 Å². The van der Waals surface area contributed by atoms with Crippen LogP contribution in [-0.4, -0.2) is 34.9 Å². The van der Waals surface area contributed by atoms with Gasteiger partial charge in [-0.15, -0.1) is 0 Å². The van der Waals surface area contributed by atoms with E-state index in [-0.39, 0.29) is 17.7 Å². The molecule has 0 atom stereocenters. The fourth-order valence-corrected chi connectivity index (χ4v) is 2.81. The van der Waals surface area contributed by atoms with Gasteiger partial charge in [-0.3, -0.25) is 9.59 Å². The van der Waals surface area contributed by atoms with Gasteiger partial charge in [0.05, 0.1) is 0 Å². The van der Waals surface area contributed by atoms with Crippen LogP contribution in [0.1, 0.15) is 11.1 Å². The molecule has 96 valence electrons. The SMILES string of the molecule is Cc1cc(C)cc(NC(=O)CN2CCSC2=O)c1. The second-order valence-corrected chi connectivity index (χ2v) is 5.51. The highest BCUT2D eigenvalue weighted by Gasteiger charge is 2.23. The Morgan fingerprint density at radius 2 is 2.00 bits per heavy atom. The van der Waals surface area contributed by atoms with Crippen molar-refractivity contribution in [2.45, 2.75) is 13.8 Å². The van der Waals surface area contributed by atoms with E-state index in [0.717, 1.165) is 22.6 Å². The Hall–Kier alpha value is -1.49. The molecular formula is C13H16N2O2S. The molecular weight excluding hydrogens is 248 g/mol. The first-order valence-corrected chi connectivity index (χ1v) is 6.83. The Kier molecular flexibility index (Phi) is 3.91. The molecule has 0 unspecified atom stereocenters. The predicted molar refractivity (Wildman–Crippen MR) is 74.0 cm³/mol. The van der Waals surface area contributed by atoms with Crippen molar-refractivity contribution < 1.29 is 9.59 Å². The van der Waals surface area contributed by atoms with Crippen molar-refractivity contribution in [3.63, 3.8) is 0 Å². The van der Waals surface area contributed by atoms with Gasteiger partial charge in [0.2, 0.25) is 5.91 Å². The number of benzene rings is 1. The quantitative estimate of drug-likeness (QED) is 0.912. The summed E-state index contributed by atoms with van der Waals surface area (Å²) in [5, 5.41) is 2.82. The number of hydrogen-bond acceptors (Lipinski definition) is 3. The lowest BCUT2D eigenvalue weighted by Gasteiger charge is -2.14. The number of rotatable bonds is 3. The van der Waals surface area contributed by atoms with E-state index in [2.05, 4.69) is 11.4 Å². The van der Waals surface area contributed by atoms with Gasteiger partial charge in [-0.05, 0) is 37.1 Å². The van der Waals surface area contributed by atoms with Crippen molar-refractivity contribution in [3.05, 3.63) is 29.3 Å². The molecule has 2 amide bonds. The normalized spacial score (nSPS) is 15.0. The van der Waals surface area contributed by atoms with E-state index in [4.69, 9.17) is 0 Å². The number of nitrogens with zero attached hydrogens (tertiary/aromatic N) is 1. The molecule has 0 aliphatic carbocycles. The van der Waals surface area contributed by atoms with E-state index in [1.54, 1.807) is 4.90 Å². The smallest absolute Gasteiger partial charge is 0.282 e. The van der Waals surface area contributed by atoms with E-state index < -0.39 is 0 Å². The van der Waals surface area contributed by atoms with Gasteiger partial charge in [-0.2, -0.15) is 0 Å². The van der Waals surface area contributed by atoms with E-state index >= 15 is 0 Å². The highest BCUT2D eigenvalue weighted by atomic mass is 32.2. The minimum atomic E-state index is -0.143. The number of carbonyl (C=O) groups excluding carboxylic acids is 2. The predicted octanol–water partition coefficient (Wildman–Crippen LogP) is 2.41. The first kappa shape index (κ1) is 13.0. The number of thioether (sulfide) groups is 1. The van der Waals surface area contributed by atoms with Crippen LogP contribution in [0.5, 0.6) is 0 Å². The lowest BCUT2D eigenvalue weighted by molar-refractivity contribution is -0.116. The third kappa shape index (κ3) is 3.26. The van der Waals surface area contributed by atoms with Gasteiger partial charge in [0.1, 0.15) is 6.54 Å². The summed E-state index contributed by atoms with van der Waals surface area (Å²) in [7, 11) is 0. The highest BCUT2D eigenvalue weighted by molar-refractivity contribution is 8.13. The largest absolute Gasteiger partial charge is 0.325 e. The Balaban J connectivity index is 1.96. The summed E-state index contributed by atoms with van der Waals surface area (Å²) in [4.78, 5) is 24.8. The molecule has 0 aromatic heterocycles. The maximum Gasteiger partial charge on any atom is 0.282 e. The monoisotopic (exact) mass is 264 g/mol. The summed E-state index contributed by atoms with van der Waals surface area (Å²) in [5.74, 6) is 0.631. The van der Waals surface area contributed by atoms with Crippen molar-refractivity contribution in [1.82, 2.24) is 4.90 Å². The molecule has 1 fully saturated rings. The lowest BCUT2D eigenvalue weighted by Crippen LogP contribution is -2.33. The van der Waals surface area contributed by atoms with Gasteiger partial charge in [0.15, 0.2) is 0 Å². The van der Waals surface area contributed by atoms with Gasteiger partial charge < -0.3 is 10.2 Å². The zero-order chi connectivity index (χ0) is 13.1. The molecule has 1 N–H and O–H groups in total. The van der Waals surface area contributed by atoms with Crippen molar-refractivity contribution in [2.75, 3.05) is 24.2 Å². The highest BCUT2D eigenvalue weighted by Crippen LogP contribution is 2.17. The zero-order valence-electron chi connectivity index (χ0n) is 10.5. The summed E-state index contributed by atoms with van der Waals surface area (Å²) in [6.07, 6.45) is 0. The van der Waals surface area contributed by atoms with Gasteiger partial charge in [-0.25, -0.2) is 0 Å². The molecule has 1 aliphatic rings. The molecule has 5 heteroatoms. The second kappa shape index (κ2) is 5.44. The molecule has 0 radical (unpaired) electrons. The van der Waals surface area contributed by atoms with Crippen LogP contribution in [0.3, 0.4) is 0 Å². The minimum absolute atomic E-state index is 0.00873. The topological polar surface area (TPSA) is 49.4 Å².